The molecule has 1 aliphatic heterocycles. The average Bonchev–Trinajstić information content (AvgIpc) is 3.12. The first-order valence-corrected chi connectivity index (χ1v) is 6.80. The minimum Gasteiger partial charge on any atom is -0.476 e. The molecule has 0 atom stereocenters. The Morgan fingerprint density at radius 2 is 2.00 bits per heavy atom. The van der Waals surface area contributed by atoms with E-state index >= 15 is 0 Å². The topological polar surface area (TPSA) is 73.6 Å². The Morgan fingerprint density at radius 1 is 1.18 bits per heavy atom. The summed E-state index contributed by atoms with van der Waals surface area (Å²) in [4.78, 5) is 11.3. The maximum Gasteiger partial charge on any atom is 0.357 e. The second kappa shape index (κ2) is 4.77. The fourth-order valence-electron chi connectivity index (χ4n) is 2.62. The van der Waals surface area contributed by atoms with Gasteiger partial charge in [0.15, 0.2) is 17.2 Å². The van der Waals surface area contributed by atoms with Crippen molar-refractivity contribution < 1.29 is 19.4 Å². The molecule has 0 bridgehead atoms. The minimum absolute atomic E-state index is 0.0661. The molecule has 0 spiro atoms. The van der Waals surface area contributed by atoms with Gasteiger partial charge in [0.2, 0.25) is 6.79 Å². The summed E-state index contributed by atoms with van der Waals surface area (Å²) in [6.45, 7) is 0.692. The molecule has 2 aromatic carbocycles. The van der Waals surface area contributed by atoms with Crippen LogP contribution in [0.2, 0.25) is 0 Å². The lowest BCUT2D eigenvalue weighted by molar-refractivity contribution is 0.0691. The molecule has 3 aromatic rings. The minimum atomic E-state index is -1.03. The number of hydrogen-bond donors (Lipinski definition) is 1. The molecule has 6 heteroatoms. The fraction of sp³-hybridized carbons (Fsp3) is 0.125. The van der Waals surface area contributed by atoms with E-state index in [9.17, 15) is 9.90 Å². The first kappa shape index (κ1) is 12.7. The Balaban J connectivity index is 1.77. The van der Waals surface area contributed by atoms with Gasteiger partial charge in [-0.1, -0.05) is 24.3 Å². The second-order valence-electron chi connectivity index (χ2n) is 5.02. The van der Waals surface area contributed by atoms with Gasteiger partial charge in [-0.15, -0.1) is 0 Å². The average molecular weight is 296 g/mol. The van der Waals surface area contributed by atoms with Crippen LogP contribution in [0, 0.1) is 0 Å². The second-order valence-corrected chi connectivity index (χ2v) is 5.02. The van der Waals surface area contributed by atoms with E-state index in [-0.39, 0.29) is 12.5 Å². The van der Waals surface area contributed by atoms with Crippen molar-refractivity contribution in [3.05, 3.63) is 53.7 Å². The van der Waals surface area contributed by atoms with Crippen LogP contribution in [0.4, 0.5) is 0 Å². The van der Waals surface area contributed by atoms with Gasteiger partial charge >= 0.3 is 5.97 Å². The fourth-order valence-corrected chi connectivity index (χ4v) is 2.62. The Hall–Kier alpha value is -3.02. The van der Waals surface area contributed by atoms with Gasteiger partial charge in [-0.3, -0.25) is 4.68 Å². The molecule has 0 radical (unpaired) electrons. The molecule has 4 rings (SSSR count). The molecule has 0 unspecified atom stereocenters. The third kappa shape index (κ3) is 1.96. The van der Waals surface area contributed by atoms with Crippen LogP contribution in [-0.4, -0.2) is 27.6 Å². The number of para-hydroxylation sites is 1. The van der Waals surface area contributed by atoms with Crippen LogP contribution >= 0.6 is 0 Å². The number of hydrogen-bond acceptors (Lipinski definition) is 4. The first-order chi connectivity index (χ1) is 10.7. The van der Waals surface area contributed by atoms with Gasteiger partial charge in [0, 0.05) is 5.39 Å². The van der Waals surface area contributed by atoms with E-state index in [0.29, 0.717) is 17.7 Å². The van der Waals surface area contributed by atoms with Crippen molar-refractivity contribution in [3.63, 3.8) is 0 Å². The highest BCUT2D eigenvalue weighted by Gasteiger charge is 2.17. The molecule has 1 aromatic heterocycles. The summed E-state index contributed by atoms with van der Waals surface area (Å²) in [6, 6.07) is 13.0. The van der Waals surface area contributed by atoms with Crippen molar-refractivity contribution in [2.45, 2.75) is 6.54 Å². The normalized spacial score (nSPS) is 12.7. The van der Waals surface area contributed by atoms with E-state index in [4.69, 9.17) is 9.47 Å². The number of benzene rings is 2. The van der Waals surface area contributed by atoms with Gasteiger partial charge in [0.1, 0.15) is 0 Å². The summed E-state index contributed by atoms with van der Waals surface area (Å²) >= 11 is 0. The number of carbonyl (C=O) groups is 1. The van der Waals surface area contributed by atoms with Crippen molar-refractivity contribution in [3.8, 4) is 11.5 Å². The Labute approximate surface area is 125 Å². The van der Waals surface area contributed by atoms with E-state index in [0.717, 1.165) is 16.8 Å². The lowest BCUT2D eigenvalue weighted by atomic mass is 10.2. The van der Waals surface area contributed by atoms with E-state index in [1.54, 1.807) is 16.8 Å². The van der Waals surface area contributed by atoms with Crippen LogP contribution < -0.4 is 9.47 Å². The number of rotatable bonds is 3. The van der Waals surface area contributed by atoms with Crippen molar-refractivity contribution in [2.75, 3.05) is 6.79 Å². The SMILES string of the molecule is O=C(O)c1nn(Cc2ccc3c(c2)OCO3)c2ccccc12. The van der Waals surface area contributed by atoms with Crippen LogP contribution in [0.3, 0.4) is 0 Å². The van der Waals surface area contributed by atoms with Gasteiger partial charge in [0.05, 0.1) is 12.1 Å². The summed E-state index contributed by atoms with van der Waals surface area (Å²) in [7, 11) is 0. The number of aromatic nitrogens is 2. The van der Waals surface area contributed by atoms with Crippen LogP contribution in [0.15, 0.2) is 42.5 Å². The highest BCUT2D eigenvalue weighted by molar-refractivity contribution is 6.01. The van der Waals surface area contributed by atoms with Crippen molar-refractivity contribution in [2.24, 2.45) is 0 Å². The smallest absolute Gasteiger partial charge is 0.357 e. The molecule has 1 N–H and O–H groups in total. The predicted octanol–water partition coefficient (Wildman–Crippen LogP) is 2.51. The first-order valence-electron chi connectivity index (χ1n) is 6.80. The van der Waals surface area contributed by atoms with Gasteiger partial charge < -0.3 is 14.6 Å². The summed E-state index contributed by atoms with van der Waals surface area (Å²) in [5, 5.41) is 14.1. The molecule has 22 heavy (non-hydrogen) atoms. The third-order valence-electron chi connectivity index (χ3n) is 3.63. The van der Waals surface area contributed by atoms with E-state index < -0.39 is 5.97 Å². The monoisotopic (exact) mass is 296 g/mol. The number of aromatic carboxylic acids is 1. The van der Waals surface area contributed by atoms with E-state index in [1.807, 2.05) is 30.3 Å². The molecular weight excluding hydrogens is 284 g/mol. The molecule has 0 saturated heterocycles. The predicted molar refractivity (Wildman–Crippen MR) is 78.4 cm³/mol. The van der Waals surface area contributed by atoms with Crippen LogP contribution in [0.25, 0.3) is 10.9 Å². The van der Waals surface area contributed by atoms with E-state index in [1.165, 1.54) is 0 Å². The summed E-state index contributed by atoms with van der Waals surface area (Å²) < 4.78 is 12.3. The van der Waals surface area contributed by atoms with Crippen molar-refractivity contribution in [1.82, 2.24) is 9.78 Å². The quantitative estimate of drug-likeness (QED) is 0.804. The number of fused-ring (bicyclic) bond motifs is 2. The highest BCUT2D eigenvalue weighted by atomic mass is 16.7. The number of ether oxygens (including phenoxy) is 2. The number of nitrogens with zero attached hydrogens (tertiary/aromatic N) is 2. The number of carboxylic acid groups (broad SMARTS) is 1. The maximum atomic E-state index is 11.3. The Morgan fingerprint density at radius 3 is 2.86 bits per heavy atom. The van der Waals surface area contributed by atoms with Crippen LogP contribution in [-0.2, 0) is 6.54 Å². The third-order valence-corrected chi connectivity index (χ3v) is 3.63. The molecular formula is C16H12N2O4. The largest absolute Gasteiger partial charge is 0.476 e. The summed E-state index contributed by atoms with van der Waals surface area (Å²) in [5.41, 5.74) is 1.82. The zero-order valence-electron chi connectivity index (χ0n) is 11.5. The van der Waals surface area contributed by atoms with Gasteiger partial charge in [0.25, 0.3) is 0 Å². The zero-order valence-corrected chi connectivity index (χ0v) is 11.5. The van der Waals surface area contributed by atoms with E-state index in [2.05, 4.69) is 5.10 Å². The molecule has 2 heterocycles. The zero-order chi connectivity index (χ0) is 15.1. The molecule has 0 saturated carbocycles. The van der Waals surface area contributed by atoms with Gasteiger partial charge in [-0.05, 0) is 23.8 Å². The van der Waals surface area contributed by atoms with Crippen LogP contribution in [0.5, 0.6) is 11.5 Å². The molecule has 0 fully saturated rings. The molecule has 6 nitrogen and oxygen atoms in total. The van der Waals surface area contributed by atoms with Gasteiger partial charge in [-0.2, -0.15) is 5.10 Å². The summed E-state index contributed by atoms with van der Waals surface area (Å²) in [6.07, 6.45) is 0. The maximum absolute atomic E-state index is 11.3. The lowest BCUT2D eigenvalue weighted by Gasteiger charge is -2.05. The standard InChI is InChI=1S/C16H12N2O4/c19-16(20)15-11-3-1-2-4-12(11)18(17-15)8-10-5-6-13-14(7-10)22-9-21-13/h1-7H,8-9H2,(H,19,20). The highest BCUT2D eigenvalue weighted by Crippen LogP contribution is 2.33. The molecule has 0 aliphatic carbocycles. The summed E-state index contributed by atoms with van der Waals surface area (Å²) in [5.74, 6) is 0.397. The van der Waals surface area contributed by atoms with Crippen molar-refractivity contribution in [1.29, 1.82) is 0 Å². The molecule has 1 aliphatic rings. The van der Waals surface area contributed by atoms with Crippen LogP contribution in [0.1, 0.15) is 16.1 Å². The molecule has 110 valence electrons. The van der Waals surface area contributed by atoms with Gasteiger partial charge in [-0.25, -0.2) is 4.79 Å². The van der Waals surface area contributed by atoms with Crippen molar-refractivity contribution >= 4 is 16.9 Å². The Kier molecular flexibility index (Phi) is 2.75. The lowest BCUT2D eigenvalue weighted by Crippen LogP contribution is -2.04. The number of carboxylic acids is 1. The Bertz CT molecular complexity index is 885. The molecule has 0 amide bonds.